The van der Waals surface area contributed by atoms with E-state index in [0.29, 0.717) is 38.1 Å². The van der Waals surface area contributed by atoms with Gasteiger partial charge in [-0.15, -0.1) is 0 Å². The average molecular weight is 444 g/mol. The zero-order valence-corrected chi connectivity index (χ0v) is 17.1. The second-order valence-electron chi connectivity index (χ2n) is 7.36. The summed E-state index contributed by atoms with van der Waals surface area (Å²) in [7, 11) is 0. The van der Waals surface area contributed by atoms with Crippen LogP contribution in [0.25, 0.3) is 11.4 Å². The maximum atomic E-state index is 13.0. The predicted octanol–water partition coefficient (Wildman–Crippen LogP) is 4.10. The minimum Gasteiger partial charge on any atom is -0.362 e. The largest absolute Gasteiger partial charge is 0.416 e. The van der Waals surface area contributed by atoms with Crippen LogP contribution in [0.5, 0.6) is 0 Å². The summed E-state index contributed by atoms with van der Waals surface area (Å²) in [6.45, 7) is 3.69. The molecule has 0 atom stereocenters. The first-order valence-corrected chi connectivity index (χ1v) is 9.84. The molecule has 2 aromatic heterocycles. The molecule has 4 rings (SSSR count). The molecule has 32 heavy (non-hydrogen) atoms. The molecule has 11 heteroatoms. The Balaban J connectivity index is 1.54. The lowest BCUT2D eigenvalue weighted by atomic mass is 10.1. The van der Waals surface area contributed by atoms with Crippen molar-refractivity contribution in [3.63, 3.8) is 0 Å². The van der Waals surface area contributed by atoms with Gasteiger partial charge in [0, 0.05) is 62.0 Å². The first-order chi connectivity index (χ1) is 15.2. The summed E-state index contributed by atoms with van der Waals surface area (Å²) in [5.41, 5.74) is 0.225. The Kier molecular flexibility index (Phi) is 5.64. The molecule has 0 aliphatic carbocycles. The highest BCUT2D eigenvalue weighted by Crippen LogP contribution is 2.37. The van der Waals surface area contributed by atoms with E-state index in [4.69, 9.17) is 0 Å². The lowest BCUT2D eigenvalue weighted by Crippen LogP contribution is -2.47. The van der Waals surface area contributed by atoms with Crippen molar-refractivity contribution in [2.45, 2.75) is 13.1 Å². The third-order valence-electron chi connectivity index (χ3n) is 5.22. The Morgan fingerprint density at radius 2 is 1.62 bits per heavy atom. The van der Waals surface area contributed by atoms with E-state index in [2.05, 4.69) is 15.0 Å². The Morgan fingerprint density at radius 1 is 0.969 bits per heavy atom. The van der Waals surface area contributed by atoms with Gasteiger partial charge in [-0.1, -0.05) is 0 Å². The number of anilines is 2. The molecule has 1 aromatic carbocycles. The highest BCUT2D eigenvalue weighted by molar-refractivity contribution is 5.65. The van der Waals surface area contributed by atoms with Crippen LogP contribution in [0.15, 0.2) is 48.8 Å². The van der Waals surface area contributed by atoms with Crippen molar-refractivity contribution in [2.75, 3.05) is 36.0 Å². The van der Waals surface area contributed by atoms with Crippen molar-refractivity contribution >= 4 is 17.2 Å². The van der Waals surface area contributed by atoms with Gasteiger partial charge < -0.3 is 9.80 Å². The van der Waals surface area contributed by atoms with Crippen molar-refractivity contribution in [1.82, 2.24) is 15.0 Å². The maximum absolute atomic E-state index is 13.0. The molecule has 0 saturated carbocycles. The van der Waals surface area contributed by atoms with E-state index in [1.165, 1.54) is 6.07 Å². The fraction of sp³-hybridized carbons (Fsp3) is 0.286. The summed E-state index contributed by atoms with van der Waals surface area (Å²) < 4.78 is 38.9. The number of piperazine rings is 1. The molecular formula is C21H19F3N6O2. The van der Waals surface area contributed by atoms with Gasteiger partial charge in [-0.05, 0) is 31.2 Å². The third-order valence-corrected chi connectivity index (χ3v) is 5.22. The molecule has 0 bridgehead atoms. The molecule has 1 aliphatic rings. The number of halogens is 3. The van der Waals surface area contributed by atoms with E-state index in [9.17, 15) is 23.3 Å². The molecular weight excluding hydrogens is 425 g/mol. The standard InChI is InChI=1S/C21H19F3N6O2/c1-14-12-19(27-20(26-14)15-4-6-25-7-5-15)29-10-8-28(9-11-29)17-3-2-16(21(22,23)24)13-18(17)30(31)32/h2-7,12-13H,8-11H2,1H3. The second-order valence-corrected chi connectivity index (χ2v) is 7.36. The predicted molar refractivity (Wildman–Crippen MR) is 113 cm³/mol. The molecule has 8 nitrogen and oxygen atoms in total. The number of pyridine rings is 1. The van der Waals surface area contributed by atoms with Crippen LogP contribution in [0.2, 0.25) is 0 Å². The minimum absolute atomic E-state index is 0.180. The van der Waals surface area contributed by atoms with Gasteiger partial charge in [-0.3, -0.25) is 15.1 Å². The number of aromatic nitrogens is 3. The Bertz CT molecular complexity index is 1130. The molecule has 0 N–H and O–H groups in total. The quantitative estimate of drug-likeness (QED) is 0.442. The van der Waals surface area contributed by atoms with Gasteiger partial charge in [0.1, 0.15) is 11.5 Å². The number of aryl methyl sites for hydroxylation is 1. The summed E-state index contributed by atoms with van der Waals surface area (Å²) in [5.74, 6) is 1.30. The number of nitro groups is 1. The third kappa shape index (κ3) is 4.46. The van der Waals surface area contributed by atoms with Crippen LogP contribution in [0.4, 0.5) is 30.4 Å². The van der Waals surface area contributed by atoms with Gasteiger partial charge in [-0.2, -0.15) is 13.2 Å². The normalized spacial score (nSPS) is 14.5. The summed E-state index contributed by atoms with van der Waals surface area (Å²) in [5, 5.41) is 11.4. The number of benzene rings is 1. The summed E-state index contributed by atoms with van der Waals surface area (Å²) >= 11 is 0. The van der Waals surface area contributed by atoms with Crippen LogP contribution >= 0.6 is 0 Å². The smallest absolute Gasteiger partial charge is 0.362 e. The molecule has 1 aliphatic heterocycles. The Labute approximate surface area is 181 Å². The molecule has 166 valence electrons. The summed E-state index contributed by atoms with van der Waals surface area (Å²) in [6.07, 6.45) is -1.31. The van der Waals surface area contributed by atoms with E-state index in [0.717, 1.165) is 23.1 Å². The van der Waals surface area contributed by atoms with Crippen LogP contribution in [-0.4, -0.2) is 46.1 Å². The van der Waals surface area contributed by atoms with E-state index in [1.807, 2.05) is 30.0 Å². The monoisotopic (exact) mass is 444 g/mol. The maximum Gasteiger partial charge on any atom is 0.416 e. The molecule has 1 fully saturated rings. The van der Waals surface area contributed by atoms with Gasteiger partial charge in [0.05, 0.1) is 10.5 Å². The zero-order valence-electron chi connectivity index (χ0n) is 17.1. The fourth-order valence-electron chi connectivity index (χ4n) is 3.63. The Morgan fingerprint density at radius 3 is 2.25 bits per heavy atom. The van der Waals surface area contributed by atoms with Gasteiger partial charge in [0.25, 0.3) is 5.69 Å². The number of nitrogens with zero attached hydrogens (tertiary/aromatic N) is 6. The van der Waals surface area contributed by atoms with Crippen LogP contribution in [0.3, 0.4) is 0 Å². The van der Waals surface area contributed by atoms with Gasteiger partial charge in [0.15, 0.2) is 5.82 Å². The Hall–Kier alpha value is -3.76. The summed E-state index contributed by atoms with van der Waals surface area (Å²) in [4.78, 5) is 27.5. The number of rotatable bonds is 4. The van der Waals surface area contributed by atoms with Crippen molar-refractivity contribution in [2.24, 2.45) is 0 Å². The second kappa shape index (κ2) is 8.40. The van der Waals surface area contributed by atoms with Crippen LogP contribution in [-0.2, 0) is 6.18 Å². The van der Waals surface area contributed by atoms with Gasteiger partial charge in [0.2, 0.25) is 0 Å². The summed E-state index contributed by atoms with van der Waals surface area (Å²) in [6, 6.07) is 8.15. The molecule has 3 heterocycles. The molecule has 0 unspecified atom stereocenters. The van der Waals surface area contributed by atoms with Crippen molar-refractivity contribution in [3.05, 3.63) is 70.2 Å². The average Bonchev–Trinajstić information content (AvgIpc) is 2.78. The van der Waals surface area contributed by atoms with E-state index in [-0.39, 0.29) is 5.69 Å². The van der Waals surface area contributed by atoms with Crippen molar-refractivity contribution in [3.8, 4) is 11.4 Å². The molecule has 1 saturated heterocycles. The van der Waals surface area contributed by atoms with Crippen LogP contribution < -0.4 is 9.80 Å². The molecule has 0 radical (unpaired) electrons. The lowest BCUT2D eigenvalue weighted by molar-refractivity contribution is -0.384. The number of alkyl halides is 3. The topological polar surface area (TPSA) is 88.3 Å². The molecule has 0 amide bonds. The highest BCUT2D eigenvalue weighted by atomic mass is 19.4. The van der Waals surface area contributed by atoms with Gasteiger partial charge >= 0.3 is 6.18 Å². The van der Waals surface area contributed by atoms with E-state index in [1.54, 1.807) is 17.3 Å². The number of nitro benzene ring substituents is 1. The zero-order chi connectivity index (χ0) is 22.9. The van der Waals surface area contributed by atoms with Crippen molar-refractivity contribution in [1.29, 1.82) is 0 Å². The van der Waals surface area contributed by atoms with E-state index < -0.39 is 22.4 Å². The van der Waals surface area contributed by atoms with Crippen LogP contribution in [0, 0.1) is 17.0 Å². The van der Waals surface area contributed by atoms with Crippen molar-refractivity contribution < 1.29 is 18.1 Å². The highest BCUT2D eigenvalue weighted by Gasteiger charge is 2.34. The molecule has 3 aromatic rings. The minimum atomic E-state index is -4.64. The SMILES string of the molecule is Cc1cc(N2CCN(c3ccc(C(F)(F)F)cc3[N+](=O)[O-])CC2)nc(-c2ccncc2)n1. The van der Waals surface area contributed by atoms with Crippen LogP contribution in [0.1, 0.15) is 11.3 Å². The number of hydrogen-bond acceptors (Lipinski definition) is 7. The first kappa shape index (κ1) is 21.5. The number of hydrogen-bond donors (Lipinski definition) is 0. The first-order valence-electron chi connectivity index (χ1n) is 9.84. The fourth-order valence-corrected chi connectivity index (χ4v) is 3.63. The molecule has 0 spiro atoms. The van der Waals surface area contributed by atoms with Gasteiger partial charge in [-0.25, -0.2) is 9.97 Å². The van der Waals surface area contributed by atoms with E-state index >= 15 is 0 Å². The lowest BCUT2D eigenvalue weighted by Gasteiger charge is -2.36.